The molecule has 0 saturated carbocycles. The SMILES string of the molecule is CC(C)Oc1ccc(C(=N)c2c(N)ncnc2N[C@@H](C)c2cc3scc(Cl)n3c(=O)c2-c2ccccc2)cc1F. The average molecular weight is 577 g/mol. The monoisotopic (exact) mass is 576 g/mol. The van der Waals surface area contributed by atoms with Gasteiger partial charge >= 0.3 is 0 Å². The molecule has 8 nitrogen and oxygen atoms in total. The number of anilines is 2. The fourth-order valence-electron chi connectivity index (χ4n) is 4.48. The number of nitrogens with zero attached hydrogens (tertiary/aromatic N) is 3. The van der Waals surface area contributed by atoms with E-state index in [1.54, 1.807) is 25.3 Å². The number of nitrogen functional groups attached to an aromatic ring is 1. The van der Waals surface area contributed by atoms with Crippen molar-refractivity contribution in [3.63, 3.8) is 0 Å². The number of ether oxygens (including phenoxy) is 1. The third-order valence-electron chi connectivity index (χ3n) is 6.29. The van der Waals surface area contributed by atoms with E-state index in [-0.39, 0.29) is 45.9 Å². The molecule has 5 aromatic rings. The number of hydrogen-bond donors (Lipinski definition) is 3. The molecule has 5 rings (SSSR count). The lowest BCUT2D eigenvalue weighted by Crippen LogP contribution is -2.21. The van der Waals surface area contributed by atoms with Crippen molar-refractivity contribution < 1.29 is 9.13 Å². The number of thiazole rings is 1. The fraction of sp³-hybridized carbons (Fsp3) is 0.172. The number of benzene rings is 2. The van der Waals surface area contributed by atoms with Crippen LogP contribution in [-0.4, -0.2) is 26.2 Å². The van der Waals surface area contributed by atoms with Gasteiger partial charge in [-0.3, -0.25) is 14.6 Å². The summed E-state index contributed by atoms with van der Waals surface area (Å²) in [4.78, 5) is 22.8. The summed E-state index contributed by atoms with van der Waals surface area (Å²) in [5.41, 5.74) is 8.34. The molecular formula is C29H26ClFN6O2S. The van der Waals surface area contributed by atoms with E-state index in [9.17, 15) is 9.18 Å². The van der Waals surface area contributed by atoms with E-state index in [4.69, 9.17) is 27.5 Å². The van der Waals surface area contributed by atoms with E-state index in [1.807, 2.05) is 43.3 Å². The van der Waals surface area contributed by atoms with Gasteiger partial charge in [-0.15, -0.1) is 11.3 Å². The van der Waals surface area contributed by atoms with Crippen LogP contribution in [0.1, 0.15) is 43.5 Å². The van der Waals surface area contributed by atoms with Crippen LogP contribution in [0.25, 0.3) is 16.0 Å². The highest BCUT2D eigenvalue weighted by atomic mass is 35.5. The van der Waals surface area contributed by atoms with Gasteiger partial charge in [0.1, 0.15) is 27.9 Å². The maximum absolute atomic E-state index is 14.8. The number of hydrogen-bond acceptors (Lipinski definition) is 8. The first-order chi connectivity index (χ1) is 19.2. The van der Waals surface area contributed by atoms with Gasteiger partial charge in [0.2, 0.25) is 0 Å². The highest BCUT2D eigenvalue weighted by Crippen LogP contribution is 2.33. The Bertz CT molecular complexity index is 1790. The summed E-state index contributed by atoms with van der Waals surface area (Å²) in [6.45, 7) is 5.49. The van der Waals surface area contributed by atoms with E-state index < -0.39 is 11.9 Å². The Labute approximate surface area is 238 Å². The van der Waals surface area contributed by atoms with Crippen molar-refractivity contribution in [1.82, 2.24) is 14.4 Å². The topological polar surface area (TPSA) is 118 Å². The Morgan fingerprint density at radius 2 is 1.90 bits per heavy atom. The summed E-state index contributed by atoms with van der Waals surface area (Å²) in [7, 11) is 0. The van der Waals surface area contributed by atoms with Crippen LogP contribution in [0.15, 0.2) is 71.1 Å². The maximum atomic E-state index is 14.8. The van der Waals surface area contributed by atoms with Crippen molar-refractivity contribution >= 4 is 45.1 Å². The van der Waals surface area contributed by atoms with Crippen LogP contribution >= 0.6 is 22.9 Å². The fourth-order valence-corrected chi connectivity index (χ4v) is 5.64. The van der Waals surface area contributed by atoms with Gasteiger partial charge in [0.15, 0.2) is 11.6 Å². The zero-order valence-electron chi connectivity index (χ0n) is 21.9. The van der Waals surface area contributed by atoms with Gasteiger partial charge in [0, 0.05) is 10.9 Å². The summed E-state index contributed by atoms with van der Waals surface area (Å²) < 4.78 is 21.7. The number of aromatic nitrogens is 3. The summed E-state index contributed by atoms with van der Waals surface area (Å²) >= 11 is 7.71. The highest BCUT2D eigenvalue weighted by molar-refractivity contribution is 7.16. The van der Waals surface area contributed by atoms with E-state index in [2.05, 4.69) is 15.3 Å². The molecule has 0 amide bonds. The van der Waals surface area contributed by atoms with E-state index >= 15 is 0 Å². The third-order valence-corrected chi connectivity index (χ3v) is 7.58. The first-order valence-corrected chi connectivity index (χ1v) is 13.7. The minimum Gasteiger partial charge on any atom is -0.488 e. The van der Waals surface area contributed by atoms with Gasteiger partial charge in [-0.25, -0.2) is 14.4 Å². The first-order valence-electron chi connectivity index (χ1n) is 12.5. The molecule has 1 atom stereocenters. The molecule has 0 aliphatic heterocycles. The molecule has 11 heteroatoms. The summed E-state index contributed by atoms with van der Waals surface area (Å²) in [6.07, 6.45) is 1.09. The highest BCUT2D eigenvalue weighted by Gasteiger charge is 2.23. The van der Waals surface area contributed by atoms with Crippen LogP contribution in [0.5, 0.6) is 5.75 Å². The second-order valence-electron chi connectivity index (χ2n) is 9.41. The zero-order valence-corrected chi connectivity index (χ0v) is 23.5. The molecule has 0 aliphatic rings. The molecule has 0 radical (unpaired) electrons. The Morgan fingerprint density at radius 1 is 1.15 bits per heavy atom. The minimum absolute atomic E-state index is 0.0569. The van der Waals surface area contributed by atoms with Gasteiger partial charge < -0.3 is 15.8 Å². The smallest absolute Gasteiger partial charge is 0.265 e. The molecule has 0 bridgehead atoms. The lowest BCUT2D eigenvalue weighted by atomic mass is 9.96. The number of halogens is 2. The van der Waals surface area contributed by atoms with Crippen molar-refractivity contribution in [3.8, 4) is 16.9 Å². The predicted molar refractivity (Wildman–Crippen MR) is 159 cm³/mol. The Kier molecular flexibility index (Phi) is 7.55. The first kappa shape index (κ1) is 27.3. The second kappa shape index (κ2) is 11.1. The Morgan fingerprint density at radius 3 is 2.60 bits per heavy atom. The molecule has 0 spiro atoms. The number of nitrogens with one attached hydrogen (secondary N) is 2. The number of nitrogens with two attached hydrogens (primary N) is 1. The van der Waals surface area contributed by atoms with Gasteiger partial charge in [0.25, 0.3) is 5.56 Å². The average Bonchev–Trinajstić information content (AvgIpc) is 3.30. The van der Waals surface area contributed by atoms with Gasteiger partial charge in [-0.2, -0.15) is 0 Å². The number of pyridine rings is 1. The van der Waals surface area contributed by atoms with E-state index in [0.29, 0.717) is 21.1 Å². The molecule has 2 aromatic carbocycles. The molecule has 3 heterocycles. The zero-order chi connectivity index (χ0) is 28.6. The van der Waals surface area contributed by atoms with Crippen LogP contribution in [0.3, 0.4) is 0 Å². The third kappa shape index (κ3) is 5.15. The van der Waals surface area contributed by atoms with Crippen molar-refractivity contribution in [2.24, 2.45) is 0 Å². The molecule has 0 fully saturated rings. The van der Waals surface area contributed by atoms with Gasteiger partial charge in [-0.1, -0.05) is 41.9 Å². The molecule has 204 valence electrons. The Hall–Kier alpha value is -4.28. The molecule has 0 saturated heterocycles. The molecule has 40 heavy (non-hydrogen) atoms. The van der Waals surface area contributed by atoms with Crippen LogP contribution in [0, 0.1) is 11.2 Å². The lowest BCUT2D eigenvalue weighted by Gasteiger charge is -2.21. The quantitative estimate of drug-likeness (QED) is 0.180. The van der Waals surface area contributed by atoms with Gasteiger partial charge in [0.05, 0.1) is 29.0 Å². The van der Waals surface area contributed by atoms with Crippen LogP contribution in [0.4, 0.5) is 16.0 Å². The normalized spacial score (nSPS) is 12.1. The van der Waals surface area contributed by atoms with Crippen molar-refractivity contribution in [2.75, 3.05) is 11.1 Å². The number of rotatable bonds is 8. The summed E-state index contributed by atoms with van der Waals surface area (Å²) in [6, 6.07) is 15.1. The van der Waals surface area contributed by atoms with Crippen LogP contribution in [0.2, 0.25) is 5.15 Å². The molecule has 4 N–H and O–H groups in total. The lowest BCUT2D eigenvalue weighted by molar-refractivity contribution is 0.231. The maximum Gasteiger partial charge on any atom is 0.265 e. The molecule has 3 aromatic heterocycles. The van der Waals surface area contributed by atoms with Crippen LogP contribution < -0.4 is 21.3 Å². The largest absolute Gasteiger partial charge is 0.488 e. The van der Waals surface area contributed by atoms with Crippen molar-refractivity contribution in [3.05, 3.63) is 104 Å². The van der Waals surface area contributed by atoms with Crippen LogP contribution in [-0.2, 0) is 0 Å². The van der Waals surface area contributed by atoms with E-state index in [0.717, 1.165) is 5.56 Å². The minimum atomic E-state index is -0.592. The molecular weight excluding hydrogens is 551 g/mol. The van der Waals surface area contributed by atoms with Crippen molar-refractivity contribution in [1.29, 1.82) is 5.41 Å². The predicted octanol–water partition coefficient (Wildman–Crippen LogP) is 6.57. The van der Waals surface area contributed by atoms with Gasteiger partial charge in [-0.05, 0) is 56.2 Å². The number of fused-ring (bicyclic) bond motifs is 1. The molecule has 0 unspecified atom stereocenters. The molecule has 0 aliphatic carbocycles. The summed E-state index contributed by atoms with van der Waals surface area (Å²) in [5.74, 6) is -0.164. The van der Waals surface area contributed by atoms with Crippen molar-refractivity contribution in [2.45, 2.75) is 32.9 Å². The Balaban J connectivity index is 1.56. The summed E-state index contributed by atoms with van der Waals surface area (Å²) in [5, 5.41) is 14.2. The second-order valence-corrected chi connectivity index (χ2v) is 10.7. The standard InChI is InChI=1S/C29H26ClFN6O2S/c1-15(2)39-21-10-9-18(11-20(21)31)26(32)25-27(33)34-14-35-28(25)36-16(3)19-12-23-37(22(30)13-40-23)29(38)24(19)17-7-5-4-6-8-17/h4-16,32H,1-3H3,(H3,33,34,35,36)/t16-/m0/s1. The van der Waals surface area contributed by atoms with E-state index in [1.165, 1.54) is 34.2 Å².